The van der Waals surface area contributed by atoms with Crippen molar-refractivity contribution in [3.8, 4) is 11.5 Å². The van der Waals surface area contributed by atoms with Gasteiger partial charge in [0.2, 0.25) is 11.2 Å². The van der Waals surface area contributed by atoms with Crippen LogP contribution in [0.5, 0.6) is 11.5 Å². The zero-order valence-corrected chi connectivity index (χ0v) is 16.2. The lowest BCUT2D eigenvalue weighted by molar-refractivity contribution is 0.125. The highest BCUT2D eigenvalue weighted by molar-refractivity contribution is 5.93. The van der Waals surface area contributed by atoms with E-state index < -0.39 is 11.2 Å². The molecule has 0 aliphatic heterocycles. The second-order valence-corrected chi connectivity index (χ2v) is 7.52. The van der Waals surface area contributed by atoms with Crippen LogP contribution in [0.3, 0.4) is 0 Å². The second-order valence-electron chi connectivity index (χ2n) is 7.52. The van der Waals surface area contributed by atoms with E-state index >= 15 is 0 Å². The van der Waals surface area contributed by atoms with Crippen molar-refractivity contribution in [2.45, 2.75) is 38.9 Å². The minimum absolute atomic E-state index is 0.109. The minimum Gasteiger partial charge on any atom is -0.480 e. The largest absolute Gasteiger partial charge is 0.480 e. The van der Waals surface area contributed by atoms with Gasteiger partial charge in [0.1, 0.15) is 16.8 Å². The predicted molar refractivity (Wildman–Crippen MR) is 110 cm³/mol. The van der Waals surface area contributed by atoms with E-state index in [2.05, 4.69) is 13.2 Å². The van der Waals surface area contributed by atoms with Crippen LogP contribution in [-0.2, 0) is 0 Å². The number of hydrogen-bond acceptors (Lipinski definition) is 4. The number of benzene rings is 2. The van der Waals surface area contributed by atoms with Gasteiger partial charge >= 0.3 is 0 Å². The van der Waals surface area contributed by atoms with Crippen LogP contribution >= 0.6 is 0 Å². The van der Waals surface area contributed by atoms with Crippen molar-refractivity contribution < 1.29 is 13.9 Å². The van der Waals surface area contributed by atoms with Gasteiger partial charge in [-0.25, -0.2) is 0 Å². The van der Waals surface area contributed by atoms with Crippen LogP contribution in [-0.4, -0.2) is 11.2 Å². The monoisotopic (exact) mass is 364 g/mol. The van der Waals surface area contributed by atoms with E-state index in [4.69, 9.17) is 13.9 Å². The van der Waals surface area contributed by atoms with Gasteiger partial charge in [-0.2, -0.15) is 0 Å². The van der Waals surface area contributed by atoms with Crippen LogP contribution < -0.4 is 14.9 Å². The highest BCUT2D eigenvalue weighted by atomic mass is 16.5. The third-order valence-electron chi connectivity index (χ3n) is 4.39. The lowest BCUT2D eigenvalue weighted by Gasteiger charge is -2.28. The molecule has 1 aromatic heterocycles. The van der Waals surface area contributed by atoms with Crippen LogP contribution in [0.4, 0.5) is 0 Å². The van der Waals surface area contributed by atoms with Gasteiger partial charge in [-0.15, -0.1) is 0 Å². The van der Waals surface area contributed by atoms with Crippen molar-refractivity contribution in [2.24, 2.45) is 0 Å². The maximum atomic E-state index is 12.9. The fourth-order valence-electron chi connectivity index (χ4n) is 2.63. The van der Waals surface area contributed by atoms with E-state index in [9.17, 15) is 4.79 Å². The normalized spacial score (nSPS) is 12.1. The van der Waals surface area contributed by atoms with Gasteiger partial charge in [0.15, 0.2) is 11.3 Å². The Kier molecular flexibility index (Phi) is 4.60. The topological polar surface area (TPSA) is 48.7 Å². The molecule has 0 spiro atoms. The Balaban J connectivity index is 2.35. The molecule has 140 valence electrons. The second kappa shape index (κ2) is 6.62. The molecule has 1 heterocycles. The molecular formula is C23H24O4. The van der Waals surface area contributed by atoms with E-state index in [0.717, 1.165) is 0 Å². The highest BCUT2D eigenvalue weighted by Gasteiger charge is 2.26. The Labute approximate surface area is 158 Å². The SMILES string of the molecule is C=CC(C)(C)Oc1ccc2c(=O)c3ccccc3oc2c1OC(C)(C)C=C. The molecule has 0 N–H and O–H groups in total. The van der Waals surface area contributed by atoms with Gasteiger partial charge in [-0.05, 0) is 64.1 Å². The first kappa shape index (κ1) is 18.8. The van der Waals surface area contributed by atoms with E-state index in [1.54, 1.807) is 36.4 Å². The molecule has 0 aliphatic rings. The molecule has 0 saturated heterocycles. The Morgan fingerprint density at radius 1 is 0.889 bits per heavy atom. The van der Waals surface area contributed by atoms with Crippen LogP contribution in [0.2, 0.25) is 0 Å². The van der Waals surface area contributed by atoms with Crippen molar-refractivity contribution in [2.75, 3.05) is 0 Å². The molecule has 0 saturated carbocycles. The fraction of sp³-hybridized carbons (Fsp3) is 0.261. The average molecular weight is 364 g/mol. The van der Waals surface area contributed by atoms with Crippen LogP contribution in [0.1, 0.15) is 27.7 Å². The Bertz CT molecular complexity index is 1090. The number of rotatable bonds is 6. The summed E-state index contributed by atoms with van der Waals surface area (Å²) in [5.41, 5.74) is -0.569. The molecule has 0 bridgehead atoms. The van der Waals surface area contributed by atoms with Crippen molar-refractivity contribution in [1.29, 1.82) is 0 Å². The minimum atomic E-state index is -0.686. The van der Waals surface area contributed by atoms with Gasteiger partial charge < -0.3 is 13.9 Å². The van der Waals surface area contributed by atoms with Gasteiger partial charge in [0.05, 0.1) is 10.8 Å². The first-order valence-electron chi connectivity index (χ1n) is 8.81. The first-order valence-corrected chi connectivity index (χ1v) is 8.81. The molecule has 0 unspecified atom stereocenters. The summed E-state index contributed by atoms with van der Waals surface area (Å²) in [6, 6.07) is 10.6. The molecule has 0 fully saturated rings. The third-order valence-corrected chi connectivity index (χ3v) is 4.39. The summed E-state index contributed by atoms with van der Waals surface area (Å²) in [4.78, 5) is 12.9. The summed E-state index contributed by atoms with van der Waals surface area (Å²) >= 11 is 0. The van der Waals surface area contributed by atoms with Crippen molar-refractivity contribution in [1.82, 2.24) is 0 Å². The summed E-state index contributed by atoms with van der Waals surface area (Å²) in [5, 5.41) is 0.964. The molecule has 0 amide bonds. The van der Waals surface area contributed by atoms with Gasteiger partial charge in [0.25, 0.3) is 0 Å². The molecule has 0 atom stereocenters. The van der Waals surface area contributed by atoms with E-state index in [1.807, 2.05) is 39.8 Å². The molecule has 0 aliphatic carbocycles. The lowest BCUT2D eigenvalue weighted by Crippen LogP contribution is -2.28. The standard InChI is InChI=1S/C23H24O4/c1-7-22(3,4)26-18-14-13-16-19(24)15-11-9-10-12-17(15)25-20(16)21(18)27-23(5,6)8-2/h7-14H,1-2H2,3-6H3. The summed E-state index contributed by atoms with van der Waals surface area (Å²) in [7, 11) is 0. The van der Waals surface area contributed by atoms with Crippen molar-refractivity contribution >= 4 is 21.9 Å². The number of fused-ring (bicyclic) bond motifs is 2. The molecule has 3 rings (SSSR count). The molecule has 2 aromatic carbocycles. The van der Waals surface area contributed by atoms with Crippen LogP contribution in [0, 0.1) is 0 Å². The zero-order chi connectivity index (χ0) is 19.8. The summed E-state index contributed by atoms with van der Waals surface area (Å²) in [5.74, 6) is 0.843. The molecule has 0 radical (unpaired) electrons. The zero-order valence-electron chi connectivity index (χ0n) is 16.2. The summed E-state index contributed by atoms with van der Waals surface area (Å²) in [6.07, 6.45) is 3.39. The van der Waals surface area contributed by atoms with Crippen molar-refractivity contribution in [3.05, 3.63) is 71.9 Å². The molecular weight excluding hydrogens is 340 g/mol. The van der Waals surface area contributed by atoms with Gasteiger partial charge in [-0.1, -0.05) is 25.3 Å². The third kappa shape index (κ3) is 3.61. The molecule has 4 nitrogen and oxygen atoms in total. The number of ether oxygens (including phenoxy) is 2. The average Bonchev–Trinajstić information content (AvgIpc) is 2.64. The maximum absolute atomic E-state index is 12.9. The maximum Gasteiger partial charge on any atom is 0.205 e. The summed E-state index contributed by atoms with van der Waals surface area (Å²) < 4.78 is 18.3. The Morgan fingerprint density at radius 2 is 1.52 bits per heavy atom. The molecule has 27 heavy (non-hydrogen) atoms. The van der Waals surface area contributed by atoms with Crippen LogP contribution in [0.15, 0.2) is 70.9 Å². The molecule has 3 aromatic rings. The smallest absolute Gasteiger partial charge is 0.205 e. The fourth-order valence-corrected chi connectivity index (χ4v) is 2.63. The Hall–Kier alpha value is -3.01. The van der Waals surface area contributed by atoms with E-state index in [0.29, 0.717) is 33.4 Å². The molecule has 4 heteroatoms. The Morgan fingerprint density at radius 3 is 2.19 bits per heavy atom. The van der Waals surface area contributed by atoms with Crippen LogP contribution in [0.25, 0.3) is 21.9 Å². The first-order chi connectivity index (χ1) is 12.7. The quantitative estimate of drug-likeness (QED) is 0.420. The predicted octanol–water partition coefficient (Wildman–Crippen LogP) is 5.63. The number of para-hydroxylation sites is 1. The lowest BCUT2D eigenvalue weighted by atomic mass is 10.1. The van der Waals surface area contributed by atoms with E-state index in [-0.39, 0.29) is 5.43 Å². The summed E-state index contributed by atoms with van der Waals surface area (Å²) in [6.45, 7) is 15.2. The van der Waals surface area contributed by atoms with E-state index in [1.165, 1.54) is 0 Å². The number of hydrogen-bond donors (Lipinski definition) is 0. The highest BCUT2D eigenvalue weighted by Crippen LogP contribution is 2.40. The van der Waals surface area contributed by atoms with Crippen molar-refractivity contribution in [3.63, 3.8) is 0 Å². The van der Waals surface area contributed by atoms with Gasteiger partial charge in [-0.3, -0.25) is 4.79 Å². The van der Waals surface area contributed by atoms with Gasteiger partial charge in [0, 0.05) is 0 Å².